The number of anilines is 2. The number of nitrogens with one attached hydrogen (secondary N) is 1. The molecular weight excluding hydrogens is 267 g/mol. The zero-order chi connectivity index (χ0) is 14.0. The average molecular weight is 280 g/mol. The third kappa shape index (κ3) is 3.03. The number of aryl methyl sites for hydroxylation is 1. The van der Waals surface area contributed by atoms with Gasteiger partial charge in [0.15, 0.2) is 0 Å². The molecule has 0 aromatic heterocycles. The van der Waals surface area contributed by atoms with Gasteiger partial charge in [-0.3, -0.25) is 4.72 Å². The first-order chi connectivity index (χ1) is 8.88. The second-order valence-corrected chi connectivity index (χ2v) is 5.79. The third-order valence-corrected chi connectivity index (χ3v) is 4.12. The molecule has 0 heterocycles. The summed E-state index contributed by atoms with van der Waals surface area (Å²) in [6, 6.07) is 9.74. The molecule has 2 rings (SSSR count). The summed E-state index contributed by atoms with van der Waals surface area (Å²) in [6.45, 7) is 1.68. The van der Waals surface area contributed by atoms with Gasteiger partial charge in [0.1, 0.15) is 5.82 Å². The molecule has 0 atom stereocenters. The standard InChI is InChI=1S/C13H13FN2O2S/c1-9-2-5-11(15)8-13(9)19(17,18)16-12-6-3-10(14)4-7-12/h2-8,16H,15H2,1H3. The van der Waals surface area contributed by atoms with Crippen molar-refractivity contribution in [2.24, 2.45) is 0 Å². The van der Waals surface area contributed by atoms with E-state index < -0.39 is 15.8 Å². The number of nitrogen functional groups attached to an aromatic ring is 1. The highest BCUT2D eigenvalue weighted by Gasteiger charge is 2.17. The number of nitrogens with two attached hydrogens (primary N) is 1. The lowest BCUT2D eigenvalue weighted by Gasteiger charge is -2.11. The van der Waals surface area contributed by atoms with Crippen LogP contribution in [0.15, 0.2) is 47.4 Å². The van der Waals surface area contributed by atoms with Crippen LogP contribution in [0.2, 0.25) is 0 Å². The molecule has 0 amide bonds. The summed E-state index contributed by atoms with van der Waals surface area (Å²) in [5, 5.41) is 0. The molecule has 0 unspecified atom stereocenters. The summed E-state index contributed by atoms with van der Waals surface area (Å²) in [6.07, 6.45) is 0. The van der Waals surface area contributed by atoms with Crippen LogP contribution in [0.4, 0.5) is 15.8 Å². The first-order valence-electron chi connectivity index (χ1n) is 5.53. The van der Waals surface area contributed by atoms with Gasteiger partial charge in [-0.15, -0.1) is 0 Å². The molecule has 0 saturated heterocycles. The van der Waals surface area contributed by atoms with Crippen LogP contribution in [0, 0.1) is 12.7 Å². The Kier molecular flexibility index (Phi) is 3.44. The number of hydrogen-bond acceptors (Lipinski definition) is 3. The van der Waals surface area contributed by atoms with Crippen molar-refractivity contribution in [1.82, 2.24) is 0 Å². The van der Waals surface area contributed by atoms with Crippen LogP contribution >= 0.6 is 0 Å². The molecule has 0 aliphatic heterocycles. The fraction of sp³-hybridized carbons (Fsp3) is 0.0769. The van der Waals surface area contributed by atoms with Gasteiger partial charge in [-0.2, -0.15) is 0 Å². The van der Waals surface area contributed by atoms with Gasteiger partial charge in [0.05, 0.1) is 4.90 Å². The Hall–Kier alpha value is -2.08. The molecule has 19 heavy (non-hydrogen) atoms. The number of sulfonamides is 1. The summed E-state index contributed by atoms with van der Waals surface area (Å²) < 4.78 is 39.5. The smallest absolute Gasteiger partial charge is 0.262 e. The topological polar surface area (TPSA) is 72.2 Å². The maximum atomic E-state index is 12.8. The van der Waals surface area contributed by atoms with Crippen molar-refractivity contribution in [1.29, 1.82) is 0 Å². The second kappa shape index (κ2) is 4.89. The Bertz CT molecular complexity index is 697. The van der Waals surface area contributed by atoms with Crippen LogP contribution in [-0.2, 0) is 10.0 Å². The van der Waals surface area contributed by atoms with Gasteiger partial charge >= 0.3 is 0 Å². The minimum Gasteiger partial charge on any atom is -0.399 e. The summed E-state index contributed by atoms with van der Waals surface area (Å²) in [7, 11) is -3.73. The van der Waals surface area contributed by atoms with Crippen LogP contribution in [0.25, 0.3) is 0 Å². The van der Waals surface area contributed by atoms with E-state index in [1.807, 2.05) is 0 Å². The van der Waals surface area contributed by atoms with Gasteiger partial charge in [0.25, 0.3) is 10.0 Å². The molecule has 0 spiro atoms. The minimum absolute atomic E-state index is 0.108. The van der Waals surface area contributed by atoms with Gasteiger partial charge in [0.2, 0.25) is 0 Å². The van der Waals surface area contributed by atoms with Crippen LogP contribution in [0.1, 0.15) is 5.56 Å². The predicted octanol–water partition coefficient (Wildman–Crippen LogP) is 2.52. The molecule has 0 saturated carbocycles. The van der Waals surface area contributed by atoms with E-state index in [-0.39, 0.29) is 4.90 Å². The van der Waals surface area contributed by atoms with Crippen molar-refractivity contribution in [3.8, 4) is 0 Å². The van der Waals surface area contributed by atoms with Crippen molar-refractivity contribution < 1.29 is 12.8 Å². The van der Waals surface area contributed by atoms with Crippen LogP contribution in [0.3, 0.4) is 0 Å². The highest BCUT2D eigenvalue weighted by Crippen LogP contribution is 2.21. The molecule has 4 nitrogen and oxygen atoms in total. The van der Waals surface area contributed by atoms with Gasteiger partial charge in [-0.1, -0.05) is 6.07 Å². The summed E-state index contributed by atoms with van der Waals surface area (Å²) >= 11 is 0. The quantitative estimate of drug-likeness (QED) is 0.848. The highest BCUT2D eigenvalue weighted by atomic mass is 32.2. The van der Waals surface area contributed by atoms with Crippen molar-refractivity contribution >= 4 is 21.4 Å². The molecule has 3 N–H and O–H groups in total. The van der Waals surface area contributed by atoms with E-state index in [2.05, 4.69) is 4.72 Å². The Morgan fingerprint density at radius 3 is 2.37 bits per heavy atom. The van der Waals surface area contributed by atoms with E-state index in [0.29, 0.717) is 16.9 Å². The molecule has 2 aromatic rings. The van der Waals surface area contributed by atoms with Gasteiger partial charge < -0.3 is 5.73 Å². The lowest BCUT2D eigenvalue weighted by atomic mass is 10.2. The highest BCUT2D eigenvalue weighted by molar-refractivity contribution is 7.92. The Morgan fingerprint density at radius 1 is 1.11 bits per heavy atom. The van der Waals surface area contributed by atoms with Gasteiger partial charge in [-0.05, 0) is 48.9 Å². The van der Waals surface area contributed by atoms with E-state index >= 15 is 0 Å². The number of halogens is 1. The van der Waals surface area contributed by atoms with Crippen molar-refractivity contribution in [3.05, 3.63) is 53.8 Å². The van der Waals surface area contributed by atoms with Crippen LogP contribution < -0.4 is 10.5 Å². The lowest BCUT2D eigenvalue weighted by molar-refractivity contribution is 0.600. The minimum atomic E-state index is -3.73. The summed E-state index contributed by atoms with van der Waals surface area (Å²) in [5.41, 5.74) is 6.84. The molecule has 0 radical (unpaired) electrons. The number of benzene rings is 2. The Morgan fingerprint density at radius 2 is 1.74 bits per heavy atom. The molecule has 0 aliphatic carbocycles. The molecule has 6 heteroatoms. The molecule has 2 aromatic carbocycles. The predicted molar refractivity (Wildman–Crippen MR) is 72.8 cm³/mol. The van der Waals surface area contributed by atoms with E-state index in [1.54, 1.807) is 19.1 Å². The van der Waals surface area contributed by atoms with E-state index in [1.165, 1.54) is 30.3 Å². The average Bonchev–Trinajstić information content (AvgIpc) is 2.35. The Balaban J connectivity index is 2.37. The third-order valence-electron chi connectivity index (χ3n) is 2.60. The molecular formula is C13H13FN2O2S. The van der Waals surface area contributed by atoms with E-state index in [4.69, 9.17) is 5.73 Å². The normalized spacial score (nSPS) is 11.3. The first-order valence-corrected chi connectivity index (χ1v) is 7.01. The van der Waals surface area contributed by atoms with Gasteiger partial charge in [0, 0.05) is 11.4 Å². The number of hydrogen-bond donors (Lipinski definition) is 2. The van der Waals surface area contributed by atoms with Gasteiger partial charge in [-0.25, -0.2) is 12.8 Å². The van der Waals surface area contributed by atoms with E-state index in [0.717, 1.165) is 0 Å². The lowest BCUT2D eigenvalue weighted by Crippen LogP contribution is -2.14. The van der Waals surface area contributed by atoms with Crippen molar-refractivity contribution in [3.63, 3.8) is 0 Å². The molecule has 0 fully saturated rings. The zero-order valence-corrected chi connectivity index (χ0v) is 11.0. The van der Waals surface area contributed by atoms with Crippen LogP contribution in [0.5, 0.6) is 0 Å². The zero-order valence-electron chi connectivity index (χ0n) is 10.2. The van der Waals surface area contributed by atoms with Crippen molar-refractivity contribution in [2.45, 2.75) is 11.8 Å². The SMILES string of the molecule is Cc1ccc(N)cc1S(=O)(=O)Nc1ccc(F)cc1. The number of rotatable bonds is 3. The summed E-state index contributed by atoms with van der Waals surface area (Å²) in [5.74, 6) is -0.428. The fourth-order valence-corrected chi connectivity index (χ4v) is 2.97. The molecule has 0 aliphatic rings. The maximum Gasteiger partial charge on any atom is 0.262 e. The largest absolute Gasteiger partial charge is 0.399 e. The van der Waals surface area contributed by atoms with E-state index in [9.17, 15) is 12.8 Å². The first kappa shape index (κ1) is 13.4. The fourth-order valence-electron chi connectivity index (χ4n) is 1.63. The molecule has 0 bridgehead atoms. The Labute approximate surface area is 111 Å². The molecule has 100 valence electrons. The maximum absolute atomic E-state index is 12.8. The summed E-state index contributed by atoms with van der Waals surface area (Å²) in [4.78, 5) is 0.108. The van der Waals surface area contributed by atoms with Crippen molar-refractivity contribution in [2.75, 3.05) is 10.5 Å². The monoisotopic (exact) mass is 280 g/mol. The van der Waals surface area contributed by atoms with Crippen LogP contribution in [-0.4, -0.2) is 8.42 Å². The second-order valence-electron chi connectivity index (χ2n) is 4.14.